The summed E-state index contributed by atoms with van der Waals surface area (Å²) in [6, 6.07) is 74.9. The Morgan fingerprint density at radius 3 is 1.93 bits per heavy atom. The van der Waals surface area contributed by atoms with Gasteiger partial charge in [0.1, 0.15) is 11.2 Å². The fraction of sp³-hybridized carbons (Fsp3) is 0.0526. The number of fused-ring (bicyclic) bond motifs is 9. The highest BCUT2D eigenvalue weighted by Gasteiger charge is 2.36. The predicted molar refractivity (Wildman–Crippen MR) is 251 cm³/mol. The molecule has 0 amide bonds. The average Bonchev–Trinajstić information content (AvgIpc) is 3.93. The lowest BCUT2D eigenvalue weighted by molar-refractivity contribution is 0.660. The van der Waals surface area contributed by atoms with Gasteiger partial charge >= 0.3 is 0 Å². The van der Waals surface area contributed by atoms with E-state index in [0.29, 0.717) is 0 Å². The first-order valence-corrected chi connectivity index (χ1v) is 20.8. The lowest BCUT2D eigenvalue weighted by Gasteiger charge is -2.30. The van der Waals surface area contributed by atoms with Crippen molar-refractivity contribution in [2.24, 2.45) is 0 Å². The van der Waals surface area contributed by atoms with Crippen molar-refractivity contribution in [1.29, 1.82) is 0 Å². The molecule has 1 aliphatic rings. The molecule has 3 heteroatoms. The average molecular weight is 769 g/mol. The first kappa shape index (κ1) is 34.4. The molecule has 0 saturated heterocycles. The molecule has 2 aromatic heterocycles. The summed E-state index contributed by atoms with van der Waals surface area (Å²) in [4.78, 5) is 2.50. The molecule has 1 aliphatic carbocycles. The van der Waals surface area contributed by atoms with E-state index in [2.05, 4.69) is 224 Å². The fourth-order valence-corrected chi connectivity index (χ4v) is 10.1. The molecule has 12 rings (SSSR count). The molecule has 0 bridgehead atoms. The van der Waals surface area contributed by atoms with Crippen LogP contribution in [0.25, 0.3) is 82.8 Å². The topological polar surface area (TPSA) is 21.3 Å². The number of nitrogens with zero attached hydrogens (tertiary/aromatic N) is 2. The molecule has 0 fully saturated rings. The smallest absolute Gasteiger partial charge is 0.143 e. The van der Waals surface area contributed by atoms with Gasteiger partial charge in [-0.05, 0) is 76.3 Å². The van der Waals surface area contributed by atoms with E-state index in [9.17, 15) is 0 Å². The van der Waals surface area contributed by atoms with Gasteiger partial charge in [0.05, 0.1) is 28.1 Å². The highest BCUT2D eigenvalue weighted by atomic mass is 16.3. The summed E-state index contributed by atoms with van der Waals surface area (Å²) in [5.74, 6) is 0. The Morgan fingerprint density at radius 2 is 1.05 bits per heavy atom. The molecule has 0 saturated carbocycles. The Labute approximate surface area is 349 Å². The number of para-hydroxylation sites is 5. The molecule has 9 aromatic carbocycles. The zero-order valence-electron chi connectivity index (χ0n) is 33.4. The van der Waals surface area contributed by atoms with E-state index in [0.717, 1.165) is 66.8 Å². The third-order valence-electron chi connectivity index (χ3n) is 12.8. The SMILES string of the molecule is CC1(C)c2ccccc2-c2ccc(N(c3ccccc3-c3cccc4c3oc3ccccc34)c3cccc4c3c3ccccc3n4-c3ccccc3-c3ccccc3)cc21. The number of hydrogen-bond donors (Lipinski definition) is 0. The first-order valence-electron chi connectivity index (χ1n) is 20.8. The van der Waals surface area contributed by atoms with Gasteiger partial charge in [0.25, 0.3) is 0 Å². The Kier molecular flexibility index (Phi) is 7.58. The Morgan fingerprint density at radius 1 is 0.433 bits per heavy atom. The van der Waals surface area contributed by atoms with E-state index in [-0.39, 0.29) is 5.41 Å². The van der Waals surface area contributed by atoms with E-state index in [1.165, 1.54) is 44.2 Å². The van der Waals surface area contributed by atoms with E-state index < -0.39 is 0 Å². The van der Waals surface area contributed by atoms with Gasteiger partial charge in [0, 0.05) is 49.3 Å². The Bertz CT molecular complexity index is 3480. The summed E-state index contributed by atoms with van der Waals surface area (Å²) in [5.41, 5.74) is 18.2. The van der Waals surface area contributed by atoms with Crippen molar-refractivity contribution in [2.45, 2.75) is 19.3 Å². The quantitative estimate of drug-likeness (QED) is 0.168. The number of anilines is 3. The van der Waals surface area contributed by atoms with Gasteiger partial charge in [-0.1, -0.05) is 172 Å². The molecular formula is C57H40N2O. The van der Waals surface area contributed by atoms with E-state index in [4.69, 9.17) is 4.42 Å². The molecule has 0 atom stereocenters. The van der Waals surface area contributed by atoms with Crippen molar-refractivity contribution in [3.05, 3.63) is 217 Å². The van der Waals surface area contributed by atoms with Crippen molar-refractivity contribution in [2.75, 3.05) is 4.90 Å². The Hall–Kier alpha value is -7.62. The third-order valence-corrected chi connectivity index (χ3v) is 12.8. The number of benzene rings is 9. The van der Waals surface area contributed by atoms with Crippen LogP contribution < -0.4 is 4.90 Å². The summed E-state index contributed by atoms with van der Waals surface area (Å²) < 4.78 is 9.17. The fourth-order valence-electron chi connectivity index (χ4n) is 10.1. The zero-order chi connectivity index (χ0) is 40.0. The summed E-state index contributed by atoms with van der Waals surface area (Å²) in [6.45, 7) is 4.72. The molecule has 0 N–H and O–H groups in total. The van der Waals surface area contributed by atoms with E-state index in [1.54, 1.807) is 0 Å². The van der Waals surface area contributed by atoms with E-state index in [1.807, 2.05) is 6.07 Å². The van der Waals surface area contributed by atoms with Crippen LogP contribution in [0.3, 0.4) is 0 Å². The maximum atomic E-state index is 6.71. The van der Waals surface area contributed by atoms with Crippen LogP contribution >= 0.6 is 0 Å². The van der Waals surface area contributed by atoms with Crippen LogP contribution in [0.2, 0.25) is 0 Å². The third kappa shape index (κ3) is 5.02. The minimum atomic E-state index is -0.170. The lowest BCUT2D eigenvalue weighted by Crippen LogP contribution is -2.17. The van der Waals surface area contributed by atoms with Crippen molar-refractivity contribution in [3.63, 3.8) is 0 Å². The molecule has 3 nitrogen and oxygen atoms in total. The minimum absolute atomic E-state index is 0.170. The highest BCUT2D eigenvalue weighted by Crippen LogP contribution is 2.53. The number of hydrogen-bond acceptors (Lipinski definition) is 2. The summed E-state index contributed by atoms with van der Waals surface area (Å²) in [7, 11) is 0. The molecule has 2 heterocycles. The maximum absolute atomic E-state index is 6.71. The van der Waals surface area contributed by atoms with Crippen LogP contribution in [0.5, 0.6) is 0 Å². The molecule has 11 aromatic rings. The number of aromatic nitrogens is 1. The maximum Gasteiger partial charge on any atom is 0.143 e. The monoisotopic (exact) mass is 768 g/mol. The summed E-state index contributed by atoms with van der Waals surface area (Å²) in [5, 5.41) is 4.62. The van der Waals surface area contributed by atoms with Gasteiger partial charge in [0.2, 0.25) is 0 Å². The van der Waals surface area contributed by atoms with Crippen molar-refractivity contribution < 1.29 is 4.42 Å². The van der Waals surface area contributed by atoms with Crippen molar-refractivity contribution >= 4 is 60.8 Å². The lowest BCUT2D eigenvalue weighted by atomic mass is 9.82. The normalized spacial score (nSPS) is 13.0. The highest BCUT2D eigenvalue weighted by molar-refractivity contribution is 6.18. The van der Waals surface area contributed by atoms with Gasteiger partial charge < -0.3 is 13.9 Å². The second kappa shape index (κ2) is 13.2. The number of furan rings is 1. The molecule has 0 unspecified atom stereocenters. The van der Waals surface area contributed by atoms with Gasteiger partial charge in [-0.2, -0.15) is 0 Å². The second-order valence-electron chi connectivity index (χ2n) is 16.4. The van der Waals surface area contributed by atoms with Crippen molar-refractivity contribution in [1.82, 2.24) is 4.57 Å². The van der Waals surface area contributed by atoms with Gasteiger partial charge in [0.15, 0.2) is 0 Å². The van der Waals surface area contributed by atoms with Gasteiger partial charge in [-0.25, -0.2) is 0 Å². The van der Waals surface area contributed by atoms with Crippen LogP contribution in [0.15, 0.2) is 211 Å². The standard InChI is InChI=1S/C57H40N2O/c1-57(2)47-27-11-6-21-40(47)41-35-34-38(36-48(41)57)58(50-29-13-8-22-42(50)44-25-16-26-45-43-23-10-15-33-54(43)60-56(44)45)52-31-17-32-53-55(52)46-24-9-14-30-51(46)59(53)49-28-12-7-20-39(49)37-18-4-3-5-19-37/h3-36H,1-2H3. The van der Waals surface area contributed by atoms with Crippen molar-refractivity contribution in [3.8, 4) is 39.1 Å². The molecule has 0 aliphatic heterocycles. The second-order valence-corrected chi connectivity index (χ2v) is 16.4. The Balaban J connectivity index is 1.16. The van der Waals surface area contributed by atoms with Gasteiger partial charge in [-0.3, -0.25) is 0 Å². The van der Waals surface area contributed by atoms with Crippen LogP contribution in [0.1, 0.15) is 25.0 Å². The molecular weight excluding hydrogens is 729 g/mol. The predicted octanol–water partition coefficient (Wildman–Crippen LogP) is 15.8. The molecule has 0 radical (unpaired) electrons. The largest absolute Gasteiger partial charge is 0.455 e. The van der Waals surface area contributed by atoms with E-state index >= 15 is 0 Å². The first-order chi connectivity index (χ1) is 29.6. The summed E-state index contributed by atoms with van der Waals surface area (Å²) in [6.07, 6.45) is 0. The van der Waals surface area contributed by atoms with Crippen LogP contribution in [0, 0.1) is 0 Å². The molecule has 284 valence electrons. The van der Waals surface area contributed by atoms with Crippen LogP contribution in [-0.4, -0.2) is 4.57 Å². The zero-order valence-corrected chi connectivity index (χ0v) is 33.4. The summed E-state index contributed by atoms with van der Waals surface area (Å²) >= 11 is 0. The van der Waals surface area contributed by atoms with Crippen LogP contribution in [-0.2, 0) is 5.41 Å². The number of rotatable bonds is 6. The van der Waals surface area contributed by atoms with Crippen LogP contribution in [0.4, 0.5) is 17.1 Å². The van der Waals surface area contributed by atoms with Gasteiger partial charge in [-0.15, -0.1) is 0 Å². The molecule has 60 heavy (non-hydrogen) atoms. The molecule has 0 spiro atoms. The minimum Gasteiger partial charge on any atom is -0.455 e.